The third kappa shape index (κ3) is 3.77. The Balaban J connectivity index is 2.80. The van der Waals surface area contributed by atoms with E-state index in [1.54, 1.807) is 20.8 Å². The van der Waals surface area contributed by atoms with E-state index in [-0.39, 0.29) is 11.9 Å². The standard InChI is InChI=1S/C12H14BrF2NO/c1-7(16-11(17)12(2,3)13)8-4-5-9(14)10(15)6-8/h4-7H,1-3H3,(H,16,17). The molecule has 0 aliphatic carbocycles. The molecule has 1 aromatic rings. The largest absolute Gasteiger partial charge is 0.348 e. The van der Waals surface area contributed by atoms with Gasteiger partial charge in [-0.1, -0.05) is 22.0 Å². The van der Waals surface area contributed by atoms with Gasteiger partial charge in [-0.3, -0.25) is 4.79 Å². The number of alkyl halides is 1. The zero-order chi connectivity index (χ0) is 13.2. The van der Waals surface area contributed by atoms with Crippen molar-refractivity contribution in [1.82, 2.24) is 5.32 Å². The lowest BCUT2D eigenvalue weighted by Crippen LogP contribution is -2.38. The summed E-state index contributed by atoms with van der Waals surface area (Å²) in [5, 5.41) is 2.71. The molecule has 2 nitrogen and oxygen atoms in total. The molecule has 1 atom stereocenters. The summed E-state index contributed by atoms with van der Waals surface area (Å²) in [5.41, 5.74) is 0.522. The first kappa shape index (κ1) is 14.1. The van der Waals surface area contributed by atoms with Gasteiger partial charge >= 0.3 is 0 Å². The molecule has 0 aliphatic rings. The summed E-state index contributed by atoms with van der Waals surface area (Å²) >= 11 is 3.22. The van der Waals surface area contributed by atoms with Gasteiger partial charge in [-0.05, 0) is 38.5 Å². The molecule has 0 bridgehead atoms. The fraction of sp³-hybridized carbons (Fsp3) is 0.417. The molecule has 1 amide bonds. The van der Waals surface area contributed by atoms with Gasteiger partial charge in [0.15, 0.2) is 11.6 Å². The van der Waals surface area contributed by atoms with Gasteiger partial charge in [0, 0.05) is 0 Å². The summed E-state index contributed by atoms with van der Waals surface area (Å²) in [5.74, 6) is -2.02. The van der Waals surface area contributed by atoms with Crippen molar-refractivity contribution in [2.75, 3.05) is 0 Å². The average Bonchev–Trinajstić information content (AvgIpc) is 2.20. The van der Waals surface area contributed by atoms with Crippen LogP contribution in [0.1, 0.15) is 32.4 Å². The van der Waals surface area contributed by atoms with Gasteiger partial charge in [-0.25, -0.2) is 8.78 Å². The molecule has 94 valence electrons. The summed E-state index contributed by atoms with van der Waals surface area (Å²) in [6, 6.07) is 3.20. The van der Waals surface area contributed by atoms with Gasteiger partial charge in [0.25, 0.3) is 0 Å². The van der Waals surface area contributed by atoms with Crippen LogP contribution in [-0.2, 0) is 4.79 Å². The Morgan fingerprint density at radius 1 is 1.35 bits per heavy atom. The maximum Gasteiger partial charge on any atom is 0.236 e. The summed E-state index contributed by atoms with van der Waals surface area (Å²) in [4.78, 5) is 11.7. The van der Waals surface area contributed by atoms with Crippen molar-refractivity contribution in [3.63, 3.8) is 0 Å². The topological polar surface area (TPSA) is 29.1 Å². The molecule has 0 spiro atoms. The first-order valence-corrected chi connectivity index (χ1v) is 5.96. The molecule has 17 heavy (non-hydrogen) atoms. The maximum absolute atomic E-state index is 13.0. The van der Waals surface area contributed by atoms with E-state index in [0.29, 0.717) is 5.56 Å². The molecule has 5 heteroatoms. The van der Waals surface area contributed by atoms with Crippen molar-refractivity contribution in [3.8, 4) is 0 Å². The molecule has 0 radical (unpaired) electrons. The van der Waals surface area contributed by atoms with E-state index in [4.69, 9.17) is 0 Å². The fourth-order valence-corrected chi connectivity index (χ4v) is 1.35. The minimum atomic E-state index is -0.915. The van der Waals surface area contributed by atoms with Crippen molar-refractivity contribution in [2.24, 2.45) is 0 Å². The van der Waals surface area contributed by atoms with Gasteiger partial charge in [0.05, 0.1) is 10.4 Å². The molecule has 0 saturated carbocycles. The van der Waals surface area contributed by atoms with E-state index < -0.39 is 16.0 Å². The van der Waals surface area contributed by atoms with Crippen LogP contribution in [0.25, 0.3) is 0 Å². The number of rotatable bonds is 3. The number of halogens is 3. The molecule has 1 unspecified atom stereocenters. The quantitative estimate of drug-likeness (QED) is 0.853. The van der Waals surface area contributed by atoms with E-state index in [0.717, 1.165) is 12.1 Å². The Morgan fingerprint density at radius 3 is 2.41 bits per heavy atom. The predicted octanol–water partition coefficient (Wildman–Crippen LogP) is 3.32. The molecule has 0 fully saturated rings. The molecule has 0 aromatic heterocycles. The number of hydrogen-bond acceptors (Lipinski definition) is 1. The molecule has 1 N–H and O–H groups in total. The highest BCUT2D eigenvalue weighted by Crippen LogP contribution is 2.20. The molecular formula is C12H14BrF2NO. The Bertz CT molecular complexity index is 429. The Morgan fingerprint density at radius 2 is 1.94 bits per heavy atom. The highest BCUT2D eigenvalue weighted by molar-refractivity contribution is 9.10. The van der Waals surface area contributed by atoms with Gasteiger partial charge in [-0.2, -0.15) is 0 Å². The van der Waals surface area contributed by atoms with Gasteiger partial charge < -0.3 is 5.32 Å². The van der Waals surface area contributed by atoms with Crippen LogP contribution in [0, 0.1) is 11.6 Å². The highest BCUT2D eigenvalue weighted by atomic mass is 79.9. The lowest BCUT2D eigenvalue weighted by molar-refractivity contribution is -0.123. The minimum Gasteiger partial charge on any atom is -0.348 e. The van der Waals surface area contributed by atoms with E-state index in [1.165, 1.54) is 6.07 Å². The number of carbonyl (C=O) groups excluding carboxylic acids is 1. The number of benzene rings is 1. The van der Waals surface area contributed by atoms with Crippen LogP contribution in [0.15, 0.2) is 18.2 Å². The molecule has 1 aromatic carbocycles. The summed E-state index contributed by atoms with van der Waals surface area (Å²) < 4.78 is 25.1. The smallest absolute Gasteiger partial charge is 0.236 e. The van der Waals surface area contributed by atoms with E-state index in [9.17, 15) is 13.6 Å². The van der Waals surface area contributed by atoms with Gasteiger partial charge in [0.2, 0.25) is 5.91 Å². The normalized spacial score (nSPS) is 13.3. The summed E-state index contributed by atoms with van der Waals surface area (Å²) in [7, 11) is 0. The summed E-state index contributed by atoms with van der Waals surface area (Å²) in [6.07, 6.45) is 0. The zero-order valence-corrected chi connectivity index (χ0v) is 11.4. The zero-order valence-electron chi connectivity index (χ0n) is 9.85. The molecule has 1 rings (SSSR count). The number of nitrogens with one attached hydrogen (secondary N) is 1. The fourth-order valence-electron chi connectivity index (χ4n) is 1.23. The lowest BCUT2D eigenvalue weighted by atomic mass is 10.1. The number of carbonyl (C=O) groups is 1. The van der Waals surface area contributed by atoms with Crippen molar-refractivity contribution in [3.05, 3.63) is 35.4 Å². The van der Waals surface area contributed by atoms with Gasteiger partial charge in [-0.15, -0.1) is 0 Å². The Labute approximate surface area is 108 Å². The van der Waals surface area contributed by atoms with Crippen molar-refractivity contribution < 1.29 is 13.6 Å². The number of hydrogen-bond donors (Lipinski definition) is 1. The van der Waals surface area contributed by atoms with Crippen LogP contribution in [0.5, 0.6) is 0 Å². The second-order valence-corrected chi connectivity index (χ2v) is 6.32. The van der Waals surface area contributed by atoms with E-state index in [2.05, 4.69) is 21.2 Å². The minimum absolute atomic E-state index is 0.213. The highest BCUT2D eigenvalue weighted by Gasteiger charge is 2.25. The maximum atomic E-state index is 13.0. The van der Waals surface area contributed by atoms with Crippen LogP contribution in [-0.4, -0.2) is 10.2 Å². The molecule has 0 saturated heterocycles. The monoisotopic (exact) mass is 305 g/mol. The molecule has 0 aliphatic heterocycles. The second-order valence-electron chi connectivity index (χ2n) is 4.34. The summed E-state index contributed by atoms with van der Waals surface area (Å²) in [6.45, 7) is 5.13. The second kappa shape index (κ2) is 5.12. The third-order valence-corrected chi connectivity index (χ3v) is 2.69. The van der Waals surface area contributed by atoms with Crippen LogP contribution < -0.4 is 5.32 Å². The first-order chi connectivity index (χ1) is 7.71. The predicted molar refractivity (Wildman–Crippen MR) is 65.9 cm³/mol. The lowest BCUT2D eigenvalue weighted by Gasteiger charge is -2.20. The van der Waals surface area contributed by atoms with Crippen LogP contribution in [0.3, 0.4) is 0 Å². The number of amides is 1. The first-order valence-electron chi connectivity index (χ1n) is 5.16. The Hall–Kier alpha value is -0.970. The molecule has 0 heterocycles. The molecular weight excluding hydrogens is 292 g/mol. The van der Waals surface area contributed by atoms with Crippen LogP contribution in [0.2, 0.25) is 0 Å². The van der Waals surface area contributed by atoms with Crippen molar-refractivity contribution in [2.45, 2.75) is 31.1 Å². The Kier molecular flexibility index (Phi) is 4.25. The van der Waals surface area contributed by atoms with E-state index >= 15 is 0 Å². The SMILES string of the molecule is CC(NC(=O)C(C)(C)Br)c1ccc(F)c(F)c1. The van der Waals surface area contributed by atoms with Crippen molar-refractivity contribution in [1.29, 1.82) is 0 Å². The van der Waals surface area contributed by atoms with Crippen molar-refractivity contribution >= 4 is 21.8 Å². The van der Waals surface area contributed by atoms with Gasteiger partial charge in [0.1, 0.15) is 0 Å². The third-order valence-electron chi connectivity index (χ3n) is 2.33. The van der Waals surface area contributed by atoms with E-state index in [1.807, 2.05) is 0 Å². The van der Waals surface area contributed by atoms with Crippen LogP contribution >= 0.6 is 15.9 Å². The average molecular weight is 306 g/mol. The van der Waals surface area contributed by atoms with Crippen LogP contribution in [0.4, 0.5) is 8.78 Å².